The first-order valence-electron chi connectivity index (χ1n) is 8.36. The van der Waals surface area contributed by atoms with Crippen molar-refractivity contribution in [3.63, 3.8) is 0 Å². The number of ether oxygens (including phenoxy) is 1. The van der Waals surface area contributed by atoms with Gasteiger partial charge in [-0.3, -0.25) is 4.79 Å². The summed E-state index contributed by atoms with van der Waals surface area (Å²) in [6.45, 7) is 1.63. The number of nitrogens with one attached hydrogen (secondary N) is 1. The fraction of sp³-hybridized carbons (Fsp3) is 0.0952. The van der Waals surface area contributed by atoms with Gasteiger partial charge in [-0.2, -0.15) is 13.2 Å². The van der Waals surface area contributed by atoms with E-state index in [-0.39, 0.29) is 17.2 Å². The molecule has 3 aromatic carbocycles. The number of carbonyl (C=O) groups excluding carboxylic acids is 1. The molecule has 1 N–H and O–H groups in total. The molecule has 0 saturated carbocycles. The molecule has 0 heterocycles. The lowest BCUT2D eigenvalue weighted by molar-refractivity contribution is -0.138. The van der Waals surface area contributed by atoms with Crippen LogP contribution in [0.1, 0.15) is 21.5 Å². The van der Waals surface area contributed by atoms with E-state index >= 15 is 0 Å². The van der Waals surface area contributed by atoms with Gasteiger partial charge in [0.25, 0.3) is 5.91 Å². The Morgan fingerprint density at radius 3 is 2.14 bits per heavy atom. The average molecular weight is 407 g/mol. The molecule has 0 aliphatic carbocycles. The van der Waals surface area contributed by atoms with Gasteiger partial charge in [-0.25, -0.2) is 8.78 Å². The van der Waals surface area contributed by atoms with E-state index in [4.69, 9.17) is 4.74 Å². The molecule has 0 unspecified atom stereocenters. The lowest BCUT2D eigenvalue weighted by atomic mass is 10.1. The highest BCUT2D eigenvalue weighted by atomic mass is 19.4. The third kappa shape index (κ3) is 4.71. The molecule has 29 heavy (non-hydrogen) atoms. The van der Waals surface area contributed by atoms with Crippen LogP contribution in [0, 0.1) is 18.6 Å². The third-order valence-corrected chi connectivity index (χ3v) is 3.97. The summed E-state index contributed by atoms with van der Waals surface area (Å²) in [5.41, 5.74) is -0.882. The summed E-state index contributed by atoms with van der Waals surface area (Å²) in [5.74, 6) is -3.28. The second-order valence-corrected chi connectivity index (χ2v) is 6.17. The van der Waals surface area contributed by atoms with Crippen molar-refractivity contribution in [2.75, 3.05) is 5.32 Å². The van der Waals surface area contributed by atoms with Crippen LogP contribution in [-0.2, 0) is 6.18 Å². The Hall–Kier alpha value is -3.42. The van der Waals surface area contributed by atoms with E-state index in [1.54, 1.807) is 6.92 Å². The Kier molecular flexibility index (Phi) is 5.54. The predicted molar refractivity (Wildman–Crippen MR) is 97.0 cm³/mol. The summed E-state index contributed by atoms with van der Waals surface area (Å²) in [7, 11) is 0. The second-order valence-electron chi connectivity index (χ2n) is 6.17. The number of benzene rings is 3. The quantitative estimate of drug-likeness (QED) is 0.513. The van der Waals surface area contributed by atoms with Crippen molar-refractivity contribution >= 4 is 11.6 Å². The second kappa shape index (κ2) is 7.90. The smallest absolute Gasteiger partial charge is 0.419 e. The summed E-state index contributed by atoms with van der Waals surface area (Å²) < 4.78 is 72.1. The molecule has 0 saturated heterocycles. The molecule has 0 fully saturated rings. The number of hydrogen-bond donors (Lipinski definition) is 1. The Bertz CT molecular complexity index is 1030. The molecule has 0 aliphatic heterocycles. The van der Waals surface area contributed by atoms with Gasteiger partial charge in [-0.1, -0.05) is 12.1 Å². The average Bonchev–Trinajstić information content (AvgIpc) is 2.62. The van der Waals surface area contributed by atoms with E-state index in [2.05, 4.69) is 5.32 Å². The number of carbonyl (C=O) groups is 1. The van der Waals surface area contributed by atoms with Gasteiger partial charge in [0.1, 0.15) is 28.7 Å². The van der Waals surface area contributed by atoms with Gasteiger partial charge in [0.15, 0.2) is 0 Å². The molecule has 1 amide bonds. The van der Waals surface area contributed by atoms with Gasteiger partial charge in [-0.15, -0.1) is 0 Å². The van der Waals surface area contributed by atoms with Crippen molar-refractivity contribution in [1.29, 1.82) is 0 Å². The van der Waals surface area contributed by atoms with E-state index in [0.717, 1.165) is 24.3 Å². The molecule has 0 bridgehead atoms. The van der Waals surface area contributed by atoms with Gasteiger partial charge in [0.05, 0.1) is 5.56 Å². The minimum absolute atomic E-state index is 0.0937. The molecule has 0 atom stereocenters. The normalized spacial score (nSPS) is 11.2. The highest BCUT2D eigenvalue weighted by Crippen LogP contribution is 2.38. The van der Waals surface area contributed by atoms with E-state index in [0.29, 0.717) is 5.56 Å². The maximum Gasteiger partial charge on any atom is 0.419 e. The topological polar surface area (TPSA) is 38.3 Å². The maximum atomic E-state index is 13.7. The van der Waals surface area contributed by atoms with Crippen molar-refractivity contribution < 1.29 is 31.5 Å². The zero-order valence-corrected chi connectivity index (χ0v) is 15.0. The first kappa shape index (κ1) is 20.3. The monoisotopic (exact) mass is 407 g/mol. The van der Waals surface area contributed by atoms with Crippen molar-refractivity contribution in [3.05, 3.63) is 89.0 Å². The van der Waals surface area contributed by atoms with E-state index in [9.17, 15) is 26.7 Å². The number of rotatable bonds is 4. The molecule has 3 rings (SSSR count). The summed E-state index contributed by atoms with van der Waals surface area (Å²) in [6.07, 6.45) is -4.58. The summed E-state index contributed by atoms with van der Waals surface area (Å²) in [6, 6.07) is 11.9. The molecule has 150 valence electrons. The van der Waals surface area contributed by atoms with E-state index in [1.165, 1.54) is 36.4 Å². The SMILES string of the molecule is Cc1ccc(C(F)(F)F)c(Oc2ccc(NC(=O)c3c(F)cccc3F)cc2)c1. The van der Waals surface area contributed by atoms with Gasteiger partial charge in [0.2, 0.25) is 0 Å². The number of alkyl halides is 3. The van der Waals surface area contributed by atoms with Crippen LogP contribution in [0.4, 0.5) is 27.6 Å². The summed E-state index contributed by atoms with van der Waals surface area (Å²) >= 11 is 0. The number of amides is 1. The van der Waals surface area contributed by atoms with Crippen LogP contribution < -0.4 is 10.1 Å². The molecule has 0 aromatic heterocycles. The fourth-order valence-electron chi connectivity index (χ4n) is 2.59. The van der Waals surface area contributed by atoms with E-state index < -0.39 is 34.8 Å². The molecule has 0 aliphatic rings. The summed E-state index contributed by atoms with van der Waals surface area (Å²) in [4.78, 5) is 12.1. The molecule has 0 spiro atoms. The van der Waals surface area contributed by atoms with Crippen LogP contribution in [0.25, 0.3) is 0 Å². The molecular weight excluding hydrogens is 393 g/mol. The zero-order chi connectivity index (χ0) is 21.2. The largest absolute Gasteiger partial charge is 0.457 e. The van der Waals surface area contributed by atoms with Crippen molar-refractivity contribution in [2.45, 2.75) is 13.1 Å². The minimum atomic E-state index is -4.58. The lowest BCUT2D eigenvalue weighted by Crippen LogP contribution is -2.15. The van der Waals surface area contributed by atoms with Crippen LogP contribution in [-0.4, -0.2) is 5.91 Å². The molecule has 8 heteroatoms. The highest BCUT2D eigenvalue weighted by Gasteiger charge is 2.34. The van der Waals surface area contributed by atoms with Gasteiger partial charge < -0.3 is 10.1 Å². The highest BCUT2D eigenvalue weighted by molar-refractivity contribution is 6.04. The van der Waals surface area contributed by atoms with Crippen LogP contribution in [0.2, 0.25) is 0 Å². The third-order valence-electron chi connectivity index (χ3n) is 3.97. The van der Waals surface area contributed by atoms with E-state index in [1.807, 2.05) is 0 Å². The molecular formula is C21H14F5NO2. The van der Waals surface area contributed by atoms with Crippen molar-refractivity contribution in [3.8, 4) is 11.5 Å². The predicted octanol–water partition coefficient (Wildman–Crippen LogP) is 6.34. The maximum absolute atomic E-state index is 13.7. The number of hydrogen-bond acceptors (Lipinski definition) is 2. The van der Waals surface area contributed by atoms with Crippen LogP contribution >= 0.6 is 0 Å². The van der Waals surface area contributed by atoms with Crippen LogP contribution in [0.5, 0.6) is 11.5 Å². The van der Waals surface area contributed by atoms with Gasteiger partial charge >= 0.3 is 6.18 Å². The minimum Gasteiger partial charge on any atom is -0.457 e. The molecule has 0 radical (unpaired) electrons. The fourth-order valence-corrected chi connectivity index (χ4v) is 2.59. The Labute approximate surface area is 162 Å². The first-order chi connectivity index (χ1) is 13.6. The Morgan fingerprint density at radius 1 is 0.931 bits per heavy atom. The van der Waals surface area contributed by atoms with Gasteiger partial charge in [-0.05, 0) is 61.0 Å². The van der Waals surface area contributed by atoms with Crippen molar-refractivity contribution in [2.24, 2.45) is 0 Å². The first-order valence-corrected chi connectivity index (χ1v) is 8.36. The van der Waals surface area contributed by atoms with Crippen LogP contribution in [0.3, 0.4) is 0 Å². The van der Waals surface area contributed by atoms with Crippen molar-refractivity contribution in [1.82, 2.24) is 0 Å². The molecule has 3 nitrogen and oxygen atoms in total. The van der Waals surface area contributed by atoms with Gasteiger partial charge in [0, 0.05) is 5.69 Å². The lowest BCUT2D eigenvalue weighted by Gasteiger charge is -2.15. The number of halogens is 5. The Morgan fingerprint density at radius 2 is 1.55 bits per heavy atom. The Balaban J connectivity index is 1.78. The molecule has 3 aromatic rings. The number of aryl methyl sites for hydroxylation is 1. The number of anilines is 1. The zero-order valence-electron chi connectivity index (χ0n) is 15.0. The standard InChI is InChI=1S/C21H14F5NO2/c1-12-5-10-15(21(24,25)26)18(11-12)29-14-8-6-13(7-9-14)27-20(28)19-16(22)3-2-4-17(19)23/h2-11H,1H3,(H,27,28). The summed E-state index contributed by atoms with van der Waals surface area (Å²) in [5, 5.41) is 2.32. The van der Waals surface area contributed by atoms with Crippen LogP contribution in [0.15, 0.2) is 60.7 Å².